The van der Waals surface area contributed by atoms with Crippen molar-refractivity contribution in [3.8, 4) is 0 Å². The molecule has 3 nitrogen and oxygen atoms in total. The van der Waals surface area contributed by atoms with E-state index in [9.17, 15) is 4.39 Å². The van der Waals surface area contributed by atoms with E-state index in [2.05, 4.69) is 22.4 Å². The molecule has 0 aromatic heterocycles. The number of hydrogen-bond donors (Lipinski definition) is 2. The second kappa shape index (κ2) is 5.95. The van der Waals surface area contributed by atoms with Gasteiger partial charge in [0.1, 0.15) is 5.82 Å². The van der Waals surface area contributed by atoms with Gasteiger partial charge in [-0.05, 0) is 60.2 Å². The Morgan fingerprint density at radius 3 is 2.67 bits per heavy atom. The van der Waals surface area contributed by atoms with Gasteiger partial charge in [-0.25, -0.2) is 9.38 Å². The first-order valence-corrected chi connectivity index (χ1v) is 7.14. The van der Waals surface area contributed by atoms with E-state index in [1.807, 2.05) is 6.07 Å². The van der Waals surface area contributed by atoms with Crippen LogP contribution >= 0.6 is 0 Å². The number of rotatable bonds is 3. The van der Waals surface area contributed by atoms with E-state index in [-0.39, 0.29) is 5.82 Å². The van der Waals surface area contributed by atoms with Gasteiger partial charge in [-0.1, -0.05) is 18.2 Å². The number of fused-ring (bicyclic) bond motifs is 1. The molecule has 0 amide bonds. The summed E-state index contributed by atoms with van der Waals surface area (Å²) < 4.78 is 12.8. The molecular weight excluding hydrogens is 265 g/mol. The van der Waals surface area contributed by atoms with Gasteiger partial charge in [-0.2, -0.15) is 0 Å². The molecule has 108 valence electrons. The van der Waals surface area contributed by atoms with Gasteiger partial charge < -0.3 is 11.1 Å². The molecule has 0 radical (unpaired) electrons. The van der Waals surface area contributed by atoms with Gasteiger partial charge in [0.05, 0.1) is 6.54 Å². The van der Waals surface area contributed by atoms with Crippen LogP contribution in [0, 0.1) is 5.82 Å². The van der Waals surface area contributed by atoms with Crippen molar-refractivity contribution in [1.82, 2.24) is 0 Å². The molecule has 3 N–H and O–H groups in total. The highest BCUT2D eigenvalue weighted by Crippen LogP contribution is 2.24. The minimum absolute atomic E-state index is 0.244. The maximum Gasteiger partial charge on any atom is 0.193 e. The predicted octanol–water partition coefficient (Wildman–Crippen LogP) is 3.24. The zero-order chi connectivity index (χ0) is 14.7. The fraction of sp³-hybridized carbons (Fsp3) is 0.235. The predicted molar refractivity (Wildman–Crippen MR) is 83.8 cm³/mol. The van der Waals surface area contributed by atoms with E-state index in [1.54, 1.807) is 12.1 Å². The van der Waals surface area contributed by atoms with Crippen molar-refractivity contribution >= 4 is 11.6 Å². The lowest BCUT2D eigenvalue weighted by molar-refractivity contribution is 0.627. The lowest BCUT2D eigenvalue weighted by Gasteiger charge is -2.08. The third kappa shape index (κ3) is 3.40. The van der Waals surface area contributed by atoms with E-state index in [0.717, 1.165) is 17.7 Å². The van der Waals surface area contributed by atoms with Gasteiger partial charge in [-0.3, -0.25) is 0 Å². The lowest BCUT2D eigenvalue weighted by atomic mass is 10.1. The van der Waals surface area contributed by atoms with Crippen LogP contribution in [-0.4, -0.2) is 5.96 Å². The summed E-state index contributed by atoms with van der Waals surface area (Å²) in [6.07, 6.45) is 3.54. The number of aryl methyl sites for hydroxylation is 2. The molecule has 3 rings (SSSR count). The summed E-state index contributed by atoms with van der Waals surface area (Å²) >= 11 is 0. The Labute approximate surface area is 123 Å². The number of hydrogen-bond acceptors (Lipinski definition) is 1. The van der Waals surface area contributed by atoms with E-state index in [1.165, 1.54) is 36.1 Å². The molecule has 0 saturated carbocycles. The molecule has 0 aliphatic heterocycles. The summed E-state index contributed by atoms with van der Waals surface area (Å²) in [5.41, 5.74) is 10.6. The molecule has 0 fully saturated rings. The highest BCUT2D eigenvalue weighted by atomic mass is 19.1. The summed E-state index contributed by atoms with van der Waals surface area (Å²) in [6.45, 7) is 0.435. The van der Waals surface area contributed by atoms with Crippen molar-refractivity contribution in [2.45, 2.75) is 25.8 Å². The first kappa shape index (κ1) is 13.6. The summed E-state index contributed by atoms with van der Waals surface area (Å²) in [4.78, 5) is 4.27. The number of benzene rings is 2. The van der Waals surface area contributed by atoms with Crippen LogP contribution in [0.1, 0.15) is 23.1 Å². The van der Waals surface area contributed by atoms with E-state index in [4.69, 9.17) is 5.73 Å². The molecule has 1 aliphatic carbocycles. The largest absolute Gasteiger partial charge is 0.370 e. The molecule has 2 aromatic rings. The van der Waals surface area contributed by atoms with Gasteiger partial charge in [0, 0.05) is 5.69 Å². The molecular formula is C17H18FN3. The summed E-state index contributed by atoms with van der Waals surface area (Å²) in [5, 5.41) is 3.11. The van der Waals surface area contributed by atoms with Crippen LogP contribution in [-0.2, 0) is 19.4 Å². The molecule has 1 aliphatic rings. The third-order valence-corrected chi connectivity index (χ3v) is 3.72. The molecule has 2 aromatic carbocycles. The van der Waals surface area contributed by atoms with Crippen molar-refractivity contribution in [2.24, 2.45) is 10.7 Å². The number of anilines is 1. The summed E-state index contributed by atoms with van der Waals surface area (Å²) in [5.74, 6) is 0.129. The topological polar surface area (TPSA) is 50.4 Å². The van der Waals surface area contributed by atoms with Crippen LogP contribution in [0.3, 0.4) is 0 Å². The molecule has 0 atom stereocenters. The van der Waals surface area contributed by atoms with Crippen LogP contribution < -0.4 is 11.1 Å². The van der Waals surface area contributed by atoms with Crippen molar-refractivity contribution in [3.05, 3.63) is 65.0 Å². The normalized spacial score (nSPS) is 14.0. The van der Waals surface area contributed by atoms with Crippen molar-refractivity contribution in [3.63, 3.8) is 0 Å². The summed E-state index contributed by atoms with van der Waals surface area (Å²) in [7, 11) is 0. The first-order chi connectivity index (χ1) is 10.2. The highest BCUT2D eigenvalue weighted by Gasteiger charge is 2.10. The minimum atomic E-state index is -0.244. The molecule has 4 heteroatoms. The number of nitrogens with zero attached hydrogens (tertiary/aromatic N) is 1. The number of aliphatic imine (C=N–C) groups is 1. The molecule has 0 bridgehead atoms. The Bertz CT molecular complexity index is 662. The Balaban J connectivity index is 1.64. The Morgan fingerprint density at radius 1 is 1.10 bits per heavy atom. The molecule has 0 spiro atoms. The average Bonchev–Trinajstić information content (AvgIpc) is 2.94. The van der Waals surface area contributed by atoms with Gasteiger partial charge >= 0.3 is 0 Å². The van der Waals surface area contributed by atoms with Gasteiger partial charge in [0.2, 0.25) is 0 Å². The number of guanidine groups is 1. The minimum Gasteiger partial charge on any atom is -0.370 e. The van der Waals surface area contributed by atoms with Gasteiger partial charge in [-0.15, -0.1) is 0 Å². The molecule has 0 unspecified atom stereocenters. The quantitative estimate of drug-likeness (QED) is 0.671. The molecule has 21 heavy (non-hydrogen) atoms. The van der Waals surface area contributed by atoms with Crippen molar-refractivity contribution in [1.29, 1.82) is 0 Å². The number of halogens is 1. The van der Waals surface area contributed by atoms with E-state index < -0.39 is 0 Å². The smallest absolute Gasteiger partial charge is 0.193 e. The van der Waals surface area contributed by atoms with Crippen LogP contribution in [0.2, 0.25) is 0 Å². The molecule has 0 heterocycles. The van der Waals surface area contributed by atoms with Crippen LogP contribution in [0.15, 0.2) is 47.5 Å². The SMILES string of the molecule is NC(=NCc1ccc(F)cc1)Nc1ccc2c(c1)CCC2. The highest BCUT2D eigenvalue weighted by molar-refractivity contribution is 5.92. The second-order valence-electron chi connectivity index (χ2n) is 5.29. The van der Waals surface area contributed by atoms with Gasteiger partial charge in [0.15, 0.2) is 5.96 Å². The Hall–Kier alpha value is -2.36. The standard InChI is InChI=1S/C17H18FN3/c18-15-7-4-12(5-8-15)11-20-17(19)21-16-9-6-13-2-1-3-14(13)10-16/h4-10H,1-3,11H2,(H3,19,20,21). The fourth-order valence-electron chi connectivity index (χ4n) is 2.60. The monoisotopic (exact) mass is 283 g/mol. The van der Waals surface area contributed by atoms with Crippen LogP contribution in [0.4, 0.5) is 10.1 Å². The first-order valence-electron chi connectivity index (χ1n) is 7.14. The lowest BCUT2D eigenvalue weighted by Crippen LogP contribution is -2.22. The zero-order valence-corrected chi connectivity index (χ0v) is 11.8. The Morgan fingerprint density at radius 2 is 1.86 bits per heavy atom. The van der Waals surface area contributed by atoms with Crippen molar-refractivity contribution in [2.75, 3.05) is 5.32 Å². The van der Waals surface area contributed by atoms with Gasteiger partial charge in [0.25, 0.3) is 0 Å². The molecule has 0 saturated heterocycles. The van der Waals surface area contributed by atoms with Crippen molar-refractivity contribution < 1.29 is 4.39 Å². The maximum atomic E-state index is 12.8. The third-order valence-electron chi connectivity index (χ3n) is 3.72. The number of nitrogens with one attached hydrogen (secondary N) is 1. The number of nitrogens with two attached hydrogens (primary N) is 1. The van der Waals surface area contributed by atoms with E-state index in [0.29, 0.717) is 12.5 Å². The maximum absolute atomic E-state index is 12.8. The zero-order valence-electron chi connectivity index (χ0n) is 11.8. The second-order valence-corrected chi connectivity index (χ2v) is 5.29. The van der Waals surface area contributed by atoms with Crippen LogP contribution in [0.5, 0.6) is 0 Å². The fourth-order valence-corrected chi connectivity index (χ4v) is 2.60. The van der Waals surface area contributed by atoms with Crippen LogP contribution in [0.25, 0.3) is 0 Å². The average molecular weight is 283 g/mol. The summed E-state index contributed by atoms with van der Waals surface area (Å²) in [6, 6.07) is 12.6. The Kier molecular flexibility index (Phi) is 3.86. The van der Waals surface area contributed by atoms with E-state index >= 15 is 0 Å².